The fourth-order valence-corrected chi connectivity index (χ4v) is 3.79. The molecule has 3 amide bonds. The van der Waals surface area contributed by atoms with Crippen LogP contribution in [-0.2, 0) is 32.2 Å². The molecule has 2 aromatic carbocycles. The van der Waals surface area contributed by atoms with Gasteiger partial charge in [0.05, 0.1) is 12.6 Å². The lowest BCUT2D eigenvalue weighted by Crippen LogP contribution is -2.56. The molecule has 180 valence electrons. The number of carbonyl (C=O) groups excluding carboxylic acids is 3. The standard InChI is InChI=1S/C24H27BrN4O5/c1-16(22(30)27-14-19-13-21(25)28-34-19)29(24(32)33-15-18-10-6-3-7-11-18)23(31)20(26)12-17-8-4-2-5-9-17/h2-11,16,19-20H,12-15,26H2,1H3,(H,27,30)/t16-,19?,20-/m0/s1. The second-order valence-electron chi connectivity index (χ2n) is 7.86. The Balaban J connectivity index is 1.69. The molecule has 0 saturated heterocycles. The summed E-state index contributed by atoms with van der Waals surface area (Å²) in [5.41, 5.74) is 7.73. The van der Waals surface area contributed by atoms with Gasteiger partial charge in [0.15, 0.2) is 6.10 Å². The van der Waals surface area contributed by atoms with Gasteiger partial charge in [-0.15, -0.1) is 0 Å². The highest BCUT2D eigenvalue weighted by Gasteiger charge is 2.36. The number of hydrogen-bond donors (Lipinski definition) is 2. The number of nitrogens with two attached hydrogens (primary N) is 1. The van der Waals surface area contributed by atoms with Gasteiger partial charge in [0.1, 0.15) is 17.3 Å². The van der Waals surface area contributed by atoms with Crippen LogP contribution in [0.3, 0.4) is 0 Å². The first-order valence-corrected chi connectivity index (χ1v) is 11.6. The van der Waals surface area contributed by atoms with E-state index in [0.29, 0.717) is 11.0 Å². The highest BCUT2D eigenvalue weighted by Crippen LogP contribution is 2.14. The van der Waals surface area contributed by atoms with Crippen molar-refractivity contribution in [1.82, 2.24) is 10.2 Å². The van der Waals surface area contributed by atoms with E-state index in [0.717, 1.165) is 16.0 Å². The number of imide groups is 1. The van der Waals surface area contributed by atoms with Gasteiger partial charge >= 0.3 is 6.09 Å². The van der Waals surface area contributed by atoms with Crippen LogP contribution in [0, 0.1) is 0 Å². The Morgan fingerprint density at radius 3 is 2.35 bits per heavy atom. The quantitative estimate of drug-likeness (QED) is 0.513. The van der Waals surface area contributed by atoms with E-state index in [9.17, 15) is 14.4 Å². The van der Waals surface area contributed by atoms with Crippen molar-refractivity contribution in [3.8, 4) is 0 Å². The van der Waals surface area contributed by atoms with Crippen LogP contribution >= 0.6 is 15.9 Å². The summed E-state index contributed by atoms with van der Waals surface area (Å²) in [6.07, 6.45) is -0.556. The van der Waals surface area contributed by atoms with E-state index in [1.54, 1.807) is 12.1 Å². The smallest absolute Gasteiger partial charge is 0.417 e. The zero-order valence-electron chi connectivity index (χ0n) is 18.7. The van der Waals surface area contributed by atoms with Gasteiger partial charge in [-0.25, -0.2) is 9.69 Å². The predicted molar refractivity (Wildman–Crippen MR) is 130 cm³/mol. The topological polar surface area (TPSA) is 123 Å². The van der Waals surface area contributed by atoms with E-state index in [1.807, 2.05) is 48.5 Å². The number of nitrogens with one attached hydrogen (secondary N) is 1. The number of halogens is 1. The Hall–Kier alpha value is -3.24. The number of oxime groups is 1. The van der Waals surface area contributed by atoms with Crippen LogP contribution in [0.2, 0.25) is 0 Å². The summed E-state index contributed by atoms with van der Waals surface area (Å²) >= 11 is 3.24. The molecular formula is C24H27BrN4O5. The highest BCUT2D eigenvalue weighted by atomic mass is 79.9. The molecule has 1 heterocycles. The minimum absolute atomic E-state index is 0.0486. The number of nitrogens with zero attached hydrogens (tertiary/aromatic N) is 2. The molecule has 0 fully saturated rings. The summed E-state index contributed by atoms with van der Waals surface area (Å²) in [4.78, 5) is 45.0. The molecule has 3 N–H and O–H groups in total. The lowest BCUT2D eigenvalue weighted by atomic mass is 10.0. The summed E-state index contributed by atoms with van der Waals surface area (Å²) in [7, 11) is 0. The van der Waals surface area contributed by atoms with Gasteiger partial charge in [0.25, 0.3) is 0 Å². The van der Waals surface area contributed by atoms with E-state index in [2.05, 4.69) is 26.4 Å². The molecule has 3 rings (SSSR count). The van der Waals surface area contributed by atoms with Crippen LogP contribution in [0.5, 0.6) is 0 Å². The van der Waals surface area contributed by atoms with E-state index in [1.165, 1.54) is 6.92 Å². The summed E-state index contributed by atoms with van der Waals surface area (Å²) in [6.45, 7) is 1.57. The SMILES string of the molecule is C[C@@H](C(=O)NCC1CC(Br)=NO1)N(C(=O)OCc1ccccc1)C(=O)[C@@H](N)Cc1ccccc1. The van der Waals surface area contributed by atoms with Gasteiger partial charge in [-0.05, 0) is 40.4 Å². The maximum Gasteiger partial charge on any atom is 0.417 e. The summed E-state index contributed by atoms with van der Waals surface area (Å²) < 4.78 is 6.00. The summed E-state index contributed by atoms with van der Waals surface area (Å²) in [6, 6.07) is 16.1. The van der Waals surface area contributed by atoms with Gasteiger partial charge in [0, 0.05) is 6.42 Å². The van der Waals surface area contributed by atoms with Gasteiger partial charge in [-0.1, -0.05) is 65.8 Å². The molecule has 0 bridgehead atoms. The summed E-state index contributed by atoms with van der Waals surface area (Å²) in [5, 5.41) is 6.47. The molecule has 10 heteroatoms. The molecule has 0 radical (unpaired) electrons. The number of carbonyl (C=O) groups is 3. The van der Waals surface area contributed by atoms with Crippen molar-refractivity contribution in [2.24, 2.45) is 10.9 Å². The second-order valence-corrected chi connectivity index (χ2v) is 8.78. The van der Waals surface area contributed by atoms with Crippen molar-refractivity contribution in [1.29, 1.82) is 0 Å². The third-order valence-electron chi connectivity index (χ3n) is 5.22. The minimum Gasteiger partial charge on any atom is -0.444 e. The number of benzene rings is 2. The van der Waals surface area contributed by atoms with Crippen molar-refractivity contribution < 1.29 is 24.0 Å². The van der Waals surface area contributed by atoms with Crippen molar-refractivity contribution in [3.05, 3.63) is 71.8 Å². The van der Waals surface area contributed by atoms with Crippen LogP contribution in [0.4, 0.5) is 4.79 Å². The predicted octanol–water partition coefficient (Wildman–Crippen LogP) is 2.72. The molecule has 1 aliphatic heterocycles. The van der Waals surface area contributed by atoms with Crippen LogP contribution in [0.25, 0.3) is 0 Å². The Kier molecular flexibility index (Phi) is 9.17. The third-order valence-corrected chi connectivity index (χ3v) is 5.69. The molecule has 1 aliphatic rings. The Bertz CT molecular complexity index is 1020. The lowest BCUT2D eigenvalue weighted by molar-refractivity contribution is -0.139. The fourth-order valence-electron chi connectivity index (χ4n) is 3.34. The maximum absolute atomic E-state index is 13.2. The second kappa shape index (κ2) is 12.3. The Morgan fingerprint density at radius 1 is 1.15 bits per heavy atom. The number of hydrogen-bond acceptors (Lipinski definition) is 7. The Labute approximate surface area is 206 Å². The number of amides is 3. The zero-order chi connectivity index (χ0) is 24.5. The molecule has 1 unspecified atom stereocenters. The third kappa shape index (κ3) is 7.13. The van der Waals surface area contributed by atoms with Crippen molar-refractivity contribution in [3.63, 3.8) is 0 Å². The van der Waals surface area contributed by atoms with Crippen LogP contribution in [0.15, 0.2) is 65.8 Å². The first-order valence-electron chi connectivity index (χ1n) is 10.8. The first-order chi connectivity index (χ1) is 16.3. The molecule has 0 aliphatic carbocycles. The van der Waals surface area contributed by atoms with Crippen molar-refractivity contribution in [2.75, 3.05) is 6.54 Å². The van der Waals surface area contributed by atoms with Crippen LogP contribution in [0.1, 0.15) is 24.5 Å². The maximum atomic E-state index is 13.2. The van der Waals surface area contributed by atoms with Crippen molar-refractivity contribution in [2.45, 2.75) is 44.6 Å². The lowest BCUT2D eigenvalue weighted by Gasteiger charge is -2.28. The van der Waals surface area contributed by atoms with Gasteiger partial charge in [0.2, 0.25) is 11.8 Å². The van der Waals surface area contributed by atoms with E-state index in [-0.39, 0.29) is 25.7 Å². The minimum atomic E-state index is -1.15. The molecule has 3 atom stereocenters. The summed E-state index contributed by atoms with van der Waals surface area (Å²) in [5.74, 6) is -1.24. The van der Waals surface area contributed by atoms with E-state index < -0.39 is 30.0 Å². The Morgan fingerprint density at radius 2 is 1.76 bits per heavy atom. The van der Waals surface area contributed by atoms with Gasteiger partial charge in [-0.3, -0.25) is 9.59 Å². The monoisotopic (exact) mass is 530 g/mol. The fraction of sp³-hybridized carbons (Fsp3) is 0.333. The molecule has 0 saturated carbocycles. The van der Waals surface area contributed by atoms with Crippen molar-refractivity contribution >= 4 is 38.5 Å². The molecule has 9 nitrogen and oxygen atoms in total. The molecular weight excluding hydrogens is 504 g/mol. The zero-order valence-corrected chi connectivity index (χ0v) is 20.3. The normalized spacial score (nSPS) is 16.6. The number of rotatable bonds is 9. The average molecular weight is 531 g/mol. The van der Waals surface area contributed by atoms with E-state index >= 15 is 0 Å². The highest BCUT2D eigenvalue weighted by molar-refractivity contribution is 9.18. The molecule has 2 aromatic rings. The molecule has 34 heavy (non-hydrogen) atoms. The van der Waals surface area contributed by atoms with Crippen LogP contribution in [-0.4, -0.2) is 52.2 Å². The number of ether oxygens (including phenoxy) is 1. The van der Waals surface area contributed by atoms with Gasteiger partial charge < -0.3 is 20.6 Å². The largest absolute Gasteiger partial charge is 0.444 e. The molecule has 0 spiro atoms. The van der Waals surface area contributed by atoms with E-state index in [4.69, 9.17) is 15.3 Å². The van der Waals surface area contributed by atoms with Crippen LogP contribution < -0.4 is 11.1 Å². The molecule has 0 aromatic heterocycles. The first kappa shape index (κ1) is 25.4. The average Bonchev–Trinajstić information content (AvgIpc) is 3.27. The van der Waals surface area contributed by atoms with Gasteiger partial charge in [-0.2, -0.15) is 0 Å².